The Bertz CT molecular complexity index is 955. The lowest BCUT2D eigenvalue weighted by atomic mass is 9.83. The van der Waals surface area contributed by atoms with Gasteiger partial charge < -0.3 is 0 Å². The first-order valence-electron chi connectivity index (χ1n) is 8.80. The molecule has 3 nitrogen and oxygen atoms in total. The summed E-state index contributed by atoms with van der Waals surface area (Å²) < 4.78 is 1.01. The van der Waals surface area contributed by atoms with Gasteiger partial charge in [0.25, 0.3) is 5.91 Å². The molecule has 1 saturated carbocycles. The van der Waals surface area contributed by atoms with Crippen molar-refractivity contribution in [2.75, 3.05) is 0 Å². The second-order valence-corrected chi connectivity index (χ2v) is 7.98. The van der Waals surface area contributed by atoms with Gasteiger partial charge in [-0.3, -0.25) is 4.79 Å². The number of nitrogens with zero attached hydrogens (tertiary/aromatic N) is 1. The van der Waals surface area contributed by atoms with Crippen LogP contribution in [0.2, 0.25) is 5.02 Å². The van der Waals surface area contributed by atoms with Crippen molar-refractivity contribution in [3.05, 3.63) is 70.1 Å². The zero-order chi connectivity index (χ0) is 17.9. The molecule has 0 spiro atoms. The van der Waals surface area contributed by atoms with E-state index in [1.54, 1.807) is 0 Å². The number of nitrogens with one attached hydrogen (secondary N) is 1. The minimum atomic E-state index is -0.228. The summed E-state index contributed by atoms with van der Waals surface area (Å²) in [5, 5.41) is 5.79. The van der Waals surface area contributed by atoms with Crippen molar-refractivity contribution in [3.63, 3.8) is 0 Å². The minimum absolute atomic E-state index is 0.228. The predicted octanol–water partition coefficient (Wildman–Crippen LogP) is 6.00. The zero-order valence-electron chi connectivity index (χ0n) is 14.2. The molecule has 3 aromatic rings. The molecule has 132 valence electrons. The summed E-state index contributed by atoms with van der Waals surface area (Å²) in [4.78, 5) is 13.0. The maximum atomic E-state index is 12.5. The number of hydrogen-bond donors (Lipinski definition) is 1. The van der Waals surface area contributed by atoms with Crippen LogP contribution in [-0.4, -0.2) is 11.6 Å². The number of carbonyl (C=O) groups excluding carboxylic acids is 1. The molecule has 1 heterocycles. The molecular formula is C21H19ClN2OS. The summed E-state index contributed by atoms with van der Waals surface area (Å²) in [6.45, 7) is 0. The van der Waals surface area contributed by atoms with E-state index in [1.165, 1.54) is 16.9 Å². The van der Waals surface area contributed by atoms with E-state index in [2.05, 4.69) is 34.8 Å². The summed E-state index contributed by atoms with van der Waals surface area (Å²) in [5.74, 6) is 0.358. The normalized spacial score (nSPS) is 17.3. The van der Waals surface area contributed by atoms with Crippen molar-refractivity contribution in [1.82, 2.24) is 5.43 Å². The molecule has 0 radical (unpaired) electrons. The summed E-state index contributed by atoms with van der Waals surface area (Å²) in [6, 6.07) is 18.4. The maximum Gasteiger partial charge on any atom is 0.283 e. The van der Waals surface area contributed by atoms with E-state index in [0.717, 1.165) is 41.5 Å². The van der Waals surface area contributed by atoms with Crippen molar-refractivity contribution in [1.29, 1.82) is 0 Å². The molecule has 1 N–H and O–H groups in total. The molecule has 0 saturated heterocycles. The lowest BCUT2D eigenvalue weighted by molar-refractivity contribution is 0.0959. The van der Waals surface area contributed by atoms with Gasteiger partial charge in [-0.25, -0.2) is 5.43 Å². The Labute approximate surface area is 161 Å². The van der Waals surface area contributed by atoms with Gasteiger partial charge in [-0.05, 0) is 43.2 Å². The van der Waals surface area contributed by atoms with Gasteiger partial charge in [0.05, 0.1) is 5.02 Å². The highest BCUT2D eigenvalue weighted by Gasteiger charge is 2.20. The van der Waals surface area contributed by atoms with Gasteiger partial charge in [-0.1, -0.05) is 60.1 Å². The van der Waals surface area contributed by atoms with Crippen molar-refractivity contribution in [3.8, 4) is 0 Å². The van der Waals surface area contributed by atoms with Crippen LogP contribution in [0.15, 0.2) is 59.7 Å². The molecule has 1 aromatic heterocycles. The van der Waals surface area contributed by atoms with Crippen LogP contribution in [-0.2, 0) is 0 Å². The van der Waals surface area contributed by atoms with E-state index in [1.807, 2.05) is 30.3 Å². The largest absolute Gasteiger partial charge is 0.283 e. The van der Waals surface area contributed by atoms with E-state index in [0.29, 0.717) is 15.8 Å². The average molecular weight is 383 g/mol. The maximum absolute atomic E-state index is 12.5. The number of halogens is 1. The van der Waals surface area contributed by atoms with Crippen LogP contribution in [0.4, 0.5) is 0 Å². The van der Waals surface area contributed by atoms with Crippen LogP contribution < -0.4 is 5.43 Å². The molecule has 1 aliphatic rings. The molecule has 5 heteroatoms. The smallest absolute Gasteiger partial charge is 0.266 e. The Hall–Kier alpha value is -2.17. The first-order chi connectivity index (χ1) is 12.7. The molecule has 0 aliphatic heterocycles. The fourth-order valence-electron chi connectivity index (χ4n) is 3.46. The Morgan fingerprint density at radius 3 is 2.46 bits per heavy atom. The number of rotatable bonds is 3. The van der Waals surface area contributed by atoms with E-state index < -0.39 is 0 Å². The number of benzene rings is 2. The molecule has 26 heavy (non-hydrogen) atoms. The molecule has 1 amide bonds. The quantitative estimate of drug-likeness (QED) is 0.554. The number of amides is 1. The summed E-state index contributed by atoms with van der Waals surface area (Å²) in [7, 11) is 0. The summed E-state index contributed by atoms with van der Waals surface area (Å²) in [6.07, 6.45) is 3.98. The predicted molar refractivity (Wildman–Crippen MR) is 109 cm³/mol. The Balaban J connectivity index is 1.40. The van der Waals surface area contributed by atoms with Gasteiger partial charge in [0.1, 0.15) is 4.88 Å². The lowest BCUT2D eigenvalue weighted by Gasteiger charge is -2.23. The van der Waals surface area contributed by atoms with Crippen LogP contribution >= 0.6 is 22.9 Å². The monoisotopic (exact) mass is 382 g/mol. The van der Waals surface area contributed by atoms with E-state index >= 15 is 0 Å². The van der Waals surface area contributed by atoms with Gasteiger partial charge in [0.2, 0.25) is 0 Å². The Morgan fingerprint density at radius 1 is 1.04 bits per heavy atom. The van der Waals surface area contributed by atoms with Gasteiger partial charge >= 0.3 is 0 Å². The lowest BCUT2D eigenvalue weighted by Crippen LogP contribution is -2.21. The number of carbonyl (C=O) groups is 1. The van der Waals surface area contributed by atoms with E-state index in [9.17, 15) is 4.79 Å². The Kier molecular flexibility index (Phi) is 5.05. The van der Waals surface area contributed by atoms with Crippen LogP contribution in [0.3, 0.4) is 0 Å². The van der Waals surface area contributed by atoms with Crippen LogP contribution in [0.25, 0.3) is 10.1 Å². The summed E-state index contributed by atoms with van der Waals surface area (Å²) >= 11 is 7.76. The zero-order valence-corrected chi connectivity index (χ0v) is 15.8. The topological polar surface area (TPSA) is 41.5 Å². The molecule has 2 aromatic carbocycles. The number of fused-ring (bicyclic) bond motifs is 1. The molecular weight excluding hydrogens is 364 g/mol. The molecule has 1 aliphatic carbocycles. The second-order valence-electron chi connectivity index (χ2n) is 6.55. The highest BCUT2D eigenvalue weighted by Crippen LogP contribution is 2.35. The van der Waals surface area contributed by atoms with Crippen LogP contribution in [0.5, 0.6) is 0 Å². The molecule has 1 fully saturated rings. The van der Waals surface area contributed by atoms with Crippen molar-refractivity contribution in [2.45, 2.75) is 31.6 Å². The number of hydrogen-bond acceptors (Lipinski definition) is 3. The van der Waals surface area contributed by atoms with Gasteiger partial charge in [-0.15, -0.1) is 11.3 Å². The van der Waals surface area contributed by atoms with Crippen molar-refractivity contribution in [2.24, 2.45) is 5.10 Å². The third-order valence-corrected chi connectivity index (χ3v) is 6.56. The van der Waals surface area contributed by atoms with Crippen molar-refractivity contribution >= 4 is 44.6 Å². The second kappa shape index (κ2) is 7.60. The summed E-state index contributed by atoms with van der Waals surface area (Å²) in [5.41, 5.74) is 5.15. The Morgan fingerprint density at radius 2 is 1.73 bits per heavy atom. The van der Waals surface area contributed by atoms with Crippen LogP contribution in [0.1, 0.15) is 46.8 Å². The molecule has 0 bridgehead atoms. The highest BCUT2D eigenvalue weighted by atomic mass is 35.5. The number of hydrazone groups is 1. The molecule has 0 atom stereocenters. The van der Waals surface area contributed by atoms with Gasteiger partial charge in [0, 0.05) is 15.8 Å². The van der Waals surface area contributed by atoms with Gasteiger partial charge in [-0.2, -0.15) is 5.10 Å². The molecule has 4 rings (SSSR count). The first-order valence-corrected chi connectivity index (χ1v) is 9.99. The fourth-order valence-corrected chi connectivity index (χ4v) is 4.87. The third-order valence-electron chi connectivity index (χ3n) is 4.89. The molecule has 0 unspecified atom stereocenters. The minimum Gasteiger partial charge on any atom is -0.266 e. The van der Waals surface area contributed by atoms with E-state index in [4.69, 9.17) is 11.6 Å². The first kappa shape index (κ1) is 17.3. The fraction of sp³-hybridized carbons (Fsp3) is 0.238. The average Bonchev–Trinajstić information content (AvgIpc) is 3.04. The number of thiophene rings is 1. The van der Waals surface area contributed by atoms with Gasteiger partial charge in [0.15, 0.2) is 0 Å². The highest BCUT2D eigenvalue weighted by molar-refractivity contribution is 7.21. The van der Waals surface area contributed by atoms with E-state index in [-0.39, 0.29) is 5.91 Å². The standard InChI is InChI=1S/C21H19ClN2OS/c22-19-17-8-4-5-9-18(17)26-20(19)21(25)24-23-16-12-10-15(11-13-16)14-6-2-1-3-7-14/h1-9,15H,10-13H2,(H,24,25). The SMILES string of the molecule is O=C(NN=C1CCC(c2ccccc2)CC1)c1sc2ccccc2c1Cl. The third kappa shape index (κ3) is 3.53. The van der Waals surface area contributed by atoms with Crippen LogP contribution in [0, 0.1) is 0 Å². The van der Waals surface area contributed by atoms with Crippen molar-refractivity contribution < 1.29 is 4.79 Å².